The SMILES string of the molecule is COC(C)(OC)c1ccc2c(c1)c1cc(Cl)ccc1c1nc(-c3c(F)cccc3C#N)[nH]c21. The van der Waals surface area contributed by atoms with Gasteiger partial charge in [0.15, 0.2) is 5.79 Å². The lowest BCUT2D eigenvalue weighted by atomic mass is 9.96. The number of fused-ring (bicyclic) bond motifs is 6. The van der Waals surface area contributed by atoms with Crippen LogP contribution in [0.3, 0.4) is 0 Å². The van der Waals surface area contributed by atoms with Crippen LogP contribution in [0.1, 0.15) is 18.1 Å². The summed E-state index contributed by atoms with van der Waals surface area (Å²) in [6.45, 7) is 1.85. The second-order valence-electron chi connectivity index (χ2n) is 7.89. The Bertz CT molecular complexity index is 1600. The van der Waals surface area contributed by atoms with Gasteiger partial charge in [-0.2, -0.15) is 5.26 Å². The molecule has 1 aromatic heterocycles. The first-order chi connectivity index (χ1) is 15.9. The van der Waals surface area contributed by atoms with Gasteiger partial charge in [0, 0.05) is 35.6 Å². The van der Waals surface area contributed by atoms with E-state index in [1.807, 2.05) is 37.3 Å². The standard InChI is InChI=1S/C26H19ClFN3O2/c1-26(32-2,33-3)15-7-9-17-19(11-15)20-12-16(27)8-10-18(20)24-23(17)30-25(31-24)22-14(13-29)5-4-6-21(22)28/h4-12H,1-3H3,(H,30,31). The molecule has 4 aromatic carbocycles. The summed E-state index contributed by atoms with van der Waals surface area (Å²) in [6, 6.07) is 17.9. The molecule has 33 heavy (non-hydrogen) atoms. The van der Waals surface area contributed by atoms with E-state index in [1.165, 1.54) is 12.1 Å². The van der Waals surface area contributed by atoms with Crippen LogP contribution < -0.4 is 0 Å². The lowest BCUT2D eigenvalue weighted by Crippen LogP contribution is -2.26. The number of methoxy groups -OCH3 is 2. The second kappa shape index (κ2) is 7.82. The van der Waals surface area contributed by atoms with Crippen molar-refractivity contribution in [3.8, 4) is 17.5 Å². The van der Waals surface area contributed by atoms with Gasteiger partial charge in [0.2, 0.25) is 0 Å². The van der Waals surface area contributed by atoms with Crippen LogP contribution in [0.15, 0.2) is 54.6 Å². The maximum atomic E-state index is 14.7. The van der Waals surface area contributed by atoms with Crippen molar-refractivity contribution in [1.29, 1.82) is 5.26 Å². The molecule has 0 bridgehead atoms. The number of halogens is 2. The zero-order valence-corrected chi connectivity index (χ0v) is 18.9. The predicted molar refractivity (Wildman–Crippen MR) is 128 cm³/mol. The van der Waals surface area contributed by atoms with E-state index in [0.717, 1.165) is 32.6 Å². The van der Waals surface area contributed by atoms with Crippen molar-refractivity contribution in [2.75, 3.05) is 14.2 Å². The summed E-state index contributed by atoms with van der Waals surface area (Å²) in [5, 5.41) is 13.7. The van der Waals surface area contributed by atoms with Gasteiger partial charge in [-0.25, -0.2) is 9.37 Å². The highest BCUT2D eigenvalue weighted by Gasteiger charge is 2.27. The number of nitrogens with zero attached hydrogens (tertiary/aromatic N) is 2. The Morgan fingerprint density at radius 1 is 1.00 bits per heavy atom. The molecule has 0 radical (unpaired) electrons. The fraction of sp³-hybridized carbons (Fsp3) is 0.154. The number of hydrogen-bond donors (Lipinski definition) is 1. The third-order valence-corrected chi connectivity index (χ3v) is 6.43. The molecule has 0 atom stereocenters. The van der Waals surface area contributed by atoms with Gasteiger partial charge in [-0.05, 0) is 48.0 Å². The van der Waals surface area contributed by atoms with Crippen LogP contribution >= 0.6 is 11.6 Å². The minimum atomic E-state index is -0.929. The van der Waals surface area contributed by atoms with Crippen LogP contribution in [-0.2, 0) is 15.3 Å². The molecule has 5 rings (SSSR count). The molecule has 0 amide bonds. The summed E-state index contributed by atoms with van der Waals surface area (Å²) < 4.78 is 25.9. The zero-order chi connectivity index (χ0) is 23.3. The Hall–Kier alpha value is -3.50. The van der Waals surface area contributed by atoms with Gasteiger partial charge in [-0.3, -0.25) is 0 Å². The molecule has 0 spiro atoms. The molecule has 164 valence electrons. The fourth-order valence-corrected chi connectivity index (χ4v) is 4.44. The van der Waals surface area contributed by atoms with E-state index in [1.54, 1.807) is 26.4 Å². The van der Waals surface area contributed by atoms with Crippen molar-refractivity contribution in [1.82, 2.24) is 9.97 Å². The molecular formula is C26H19ClFN3O2. The molecule has 5 nitrogen and oxygen atoms in total. The predicted octanol–water partition coefficient (Wildman–Crippen LogP) is 6.67. The first-order valence-electron chi connectivity index (χ1n) is 10.2. The lowest BCUT2D eigenvalue weighted by Gasteiger charge is -2.27. The Kier molecular flexibility index (Phi) is 5.06. The monoisotopic (exact) mass is 459 g/mol. The molecule has 0 fully saturated rings. The number of benzene rings is 4. The number of rotatable bonds is 4. The Morgan fingerprint density at radius 3 is 2.45 bits per heavy atom. The van der Waals surface area contributed by atoms with Gasteiger partial charge in [-0.1, -0.05) is 35.9 Å². The number of nitrogens with one attached hydrogen (secondary N) is 1. The summed E-state index contributed by atoms with van der Waals surface area (Å²) in [6.07, 6.45) is 0. The van der Waals surface area contributed by atoms with E-state index in [2.05, 4.69) is 11.1 Å². The van der Waals surface area contributed by atoms with Crippen LogP contribution in [-0.4, -0.2) is 24.2 Å². The smallest absolute Gasteiger partial charge is 0.191 e. The van der Waals surface area contributed by atoms with Gasteiger partial charge in [0.1, 0.15) is 11.6 Å². The maximum absolute atomic E-state index is 14.7. The van der Waals surface area contributed by atoms with Gasteiger partial charge >= 0.3 is 0 Å². The third kappa shape index (κ3) is 3.25. The van der Waals surface area contributed by atoms with E-state index in [9.17, 15) is 9.65 Å². The fourth-order valence-electron chi connectivity index (χ4n) is 4.27. The minimum absolute atomic E-state index is 0.148. The summed E-state index contributed by atoms with van der Waals surface area (Å²) in [4.78, 5) is 7.99. The Morgan fingerprint density at radius 2 is 1.73 bits per heavy atom. The van der Waals surface area contributed by atoms with Crippen molar-refractivity contribution in [3.63, 3.8) is 0 Å². The highest BCUT2D eigenvalue weighted by molar-refractivity contribution is 6.33. The van der Waals surface area contributed by atoms with Crippen LogP contribution in [0.25, 0.3) is 44.0 Å². The van der Waals surface area contributed by atoms with Crippen molar-refractivity contribution in [2.45, 2.75) is 12.7 Å². The zero-order valence-electron chi connectivity index (χ0n) is 18.2. The number of hydrogen-bond acceptors (Lipinski definition) is 4. The third-order valence-electron chi connectivity index (χ3n) is 6.19. The van der Waals surface area contributed by atoms with Crippen molar-refractivity contribution >= 4 is 44.2 Å². The van der Waals surface area contributed by atoms with Gasteiger partial charge in [0.05, 0.1) is 28.2 Å². The molecule has 0 saturated carbocycles. The first kappa shape index (κ1) is 21.4. The number of aromatic amines is 1. The molecule has 0 unspecified atom stereocenters. The van der Waals surface area contributed by atoms with Gasteiger partial charge in [0.25, 0.3) is 0 Å². The molecule has 0 saturated heterocycles. The normalized spacial score (nSPS) is 12.0. The number of imidazole rings is 1. The number of nitriles is 1. The van der Waals surface area contributed by atoms with Crippen molar-refractivity contribution in [3.05, 3.63) is 76.6 Å². The molecule has 0 aliphatic carbocycles. The van der Waals surface area contributed by atoms with Crippen molar-refractivity contribution < 1.29 is 13.9 Å². The second-order valence-corrected chi connectivity index (χ2v) is 8.32. The van der Waals surface area contributed by atoms with E-state index in [-0.39, 0.29) is 11.1 Å². The highest BCUT2D eigenvalue weighted by Crippen LogP contribution is 2.39. The molecule has 7 heteroatoms. The summed E-state index contributed by atoms with van der Waals surface area (Å²) in [7, 11) is 3.18. The number of ether oxygens (including phenoxy) is 2. The maximum Gasteiger partial charge on any atom is 0.191 e. The van der Waals surface area contributed by atoms with E-state index >= 15 is 0 Å². The van der Waals surface area contributed by atoms with Crippen LogP contribution in [0.4, 0.5) is 4.39 Å². The molecule has 1 N–H and O–H groups in total. The first-order valence-corrected chi connectivity index (χ1v) is 10.6. The molecule has 5 aromatic rings. The number of aromatic nitrogens is 2. The molecular weight excluding hydrogens is 441 g/mol. The molecule has 1 heterocycles. The van der Waals surface area contributed by atoms with Crippen molar-refractivity contribution in [2.24, 2.45) is 0 Å². The minimum Gasteiger partial charge on any atom is -0.349 e. The summed E-state index contributed by atoms with van der Waals surface area (Å²) in [5.74, 6) is -1.14. The number of H-pyrrole nitrogens is 1. The van der Waals surface area contributed by atoms with Crippen LogP contribution in [0, 0.1) is 17.1 Å². The van der Waals surface area contributed by atoms with Crippen LogP contribution in [0.5, 0.6) is 0 Å². The van der Waals surface area contributed by atoms with E-state index in [0.29, 0.717) is 16.4 Å². The summed E-state index contributed by atoms with van der Waals surface area (Å²) in [5.41, 5.74) is 2.61. The largest absolute Gasteiger partial charge is 0.349 e. The average molecular weight is 460 g/mol. The van der Waals surface area contributed by atoms with Crippen LogP contribution in [0.2, 0.25) is 5.02 Å². The average Bonchev–Trinajstić information content (AvgIpc) is 3.28. The topological polar surface area (TPSA) is 70.9 Å². The Balaban J connectivity index is 1.91. The summed E-state index contributed by atoms with van der Waals surface area (Å²) >= 11 is 6.35. The molecule has 0 aliphatic heterocycles. The van der Waals surface area contributed by atoms with Gasteiger partial charge in [-0.15, -0.1) is 0 Å². The Labute approximate surface area is 194 Å². The van der Waals surface area contributed by atoms with Gasteiger partial charge < -0.3 is 14.5 Å². The molecule has 0 aliphatic rings. The quantitative estimate of drug-likeness (QED) is 0.241. The lowest BCUT2D eigenvalue weighted by molar-refractivity contribution is -0.201. The van der Waals surface area contributed by atoms with E-state index in [4.69, 9.17) is 26.1 Å². The van der Waals surface area contributed by atoms with E-state index < -0.39 is 11.6 Å². The highest BCUT2D eigenvalue weighted by atomic mass is 35.5.